The van der Waals surface area contributed by atoms with Gasteiger partial charge in [-0.3, -0.25) is 14.4 Å². The lowest BCUT2D eigenvalue weighted by atomic mass is 9.98. The lowest BCUT2D eigenvalue weighted by molar-refractivity contribution is -0.123. The van der Waals surface area contributed by atoms with Crippen LogP contribution < -0.4 is 4.90 Å². The minimum Gasteiger partial charge on any atom is -0.321 e. The smallest absolute Gasteiger partial charge is 0.257 e. The average molecular weight is 407 g/mol. The van der Waals surface area contributed by atoms with Crippen LogP contribution in [0.3, 0.4) is 0 Å². The number of anilines is 1. The summed E-state index contributed by atoms with van der Waals surface area (Å²) in [5.41, 5.74) is 2.45. The van der Waals surface area contributed by atoms with Crippen molar-refractivity contribution in [1.82, 2.24) is 4.90 Å². The maximum atomic E-state index is 13.5. The number of benzene rings is 2. The number of imide groups is 1. The van der Waals surface area contributed by atoms with E-state index in [1.165, 1.54) is 4.90 Å². The molecule has 0 saturated carbocycles. The number of carbonyl (C=O) groups is 3. The highest BCUT2D eigenvalue weighted by Crippen LogP contribution is 2.32. The average Bonchev–Trinajstić information content (AvgIpc) is 2.95. The Hall–Kier alpha value is -2.95. The Kier molecular flexibility index (Phi) is 5.84. The van der Waals surface area contributed by atoms with Gasteiger partial charge in [0.05, 0.1) is 12.1 Å². The zero-order valence-electron chi connectivity index (χ0n) is 18.6. The van der Waals surface area contributed by atoms with Gasteiger partial charge in [-0.2, -0.15) is 0 Å². The summed E-state index contributed by atoms with van der Waals surface area (Å²) < 4.78 is 0. The molecule has 5 heteroatoms. The molecular weight excluding hydrogens is 376 g/mol. The fourth-order valence-electron chi connectivity index (χ4n) is 3.95. The Morgan fingerprint density at radius 2 is 1.63 bits per heavy atom. The summed E-state index contributed by atoms with van der Waals surface area (Å²) in [7, 11) is 0. The molecule has 0 spiro atoms. The molecule has 3 amide bonds. The van der Waals surface area contributed by atoms with Gasteiger partial charge in [0.1, 0.15) is 6.04 Å². The lowest BCUT2D eigenvalue weighted by Crippen LogP contribution is -2.54. The summed E-state index contributed by atoms with van der Waals surface area (Å²) in [6, 6.07) is 14.0. The van der Waals surface area contributed by atoms with Crippen LogP contribution in [0.1, 0.15) is 68.4 Å². The first-order chi connectivity index (χ1) is 14.0. The molecule has 0 aromatic heterocycles. The van der Waals surface area contributed by atoms with Crippen LogP contribution in [0.4, 0.5) is 5.69 Å². The standard InChI is InChI=1S/C25H30N2O3/c1-16(2)18-11-13-19(14-12-18)26-22(28)15-21(24(26)30)27(25(4,5)6)23(29)20-10-8-7-9-17(20)3/h7-14,16,21H,15H2,1-6H3. The van der Waals surface area contributed by atoms with Gasteiger partial charge in [-0.25, -0.2) is 4.90 Å². The van der Waals surface area contributed by atoms with E-state index in [0.29, 0.717) is 17.2 Å². The van der Waals surface area contributed by atoms with Crippen molar-refractivity contribution in [2.75, 3.05) is 4.90 Å². The van der Waals surface area contributed by atoms with Gasteiger partial charge in [0.2, 0.25) is 5.91 Å². The Balaban J connectivity index is 1.96. The number of hydrogen-bond acceptors (Lipinski definition) is 3. The molecule has 2 aromatic carbocycles. The van der Waals surface area contributed by atoms with Crippen LogP contribution in [0.5, 0.6) is 0 Å². The second kappa shape index (κ2) is 8.05. The first-order valence-corrected chi connectivity index (χ1v) is 10.4. The second-order valence-corrected chi connectivity index (χ2v) is 9.19. The molecule has 1 aliphatic heterocycles. The number of amides is 3. The van der Waals surface area contributed by atoms with Crippen molar-refractivity contribution in [3.05, 3.63) is 65.2 Å². The largest absolute Gasteiger partial charge is 0.321 e. The molecular formula is C25H30N2O3. The van der Waals surface area contributed by atoms with Crippen LogP contribution in [-0.4, -0.2) is 34.2 Å². The molecule has 3 rings (SSSR count). The third-order valence-electron chi connectivity index (χ3n) is 5.57. The van der Waals surface area contributed by atoms with Crippen LogP contribution in [0.2, 0.25) is 0 Å². The predicted molar refractivity (Wildman–Crippen MR) is 119 cm³/mol. The van der Waals surface area contributed by atoms with Gasteiger partial charge in [0, 0.05) is 11.1 Å². The molecule has 5 nitrogen and oxygen atoms in total. The Labute approximate surface area is 178 Å². The van der Waals surface area contributed by atoms with E-state index in [9.17, 15) is 14.4 Å². The van der Waals surface area contributed by atoms with Gasteiger partial charge in [-0.15, -0.1) is 0 Å². The van der Waals surface area contributed by atoms with Gasteiger partial charge in [0.15, 0.2) is 0 Å². The van der Waals surface area contributed by atoms with Crippen molar-refractivity contribution >= 4 is 23.4 Å². The third kappa shape index (κ3) is 4.02. The highest BCUT2D eigenvalue weighted by atomic mass is 16.2. The van der Waals surface area contributed by atoms with Crippen molar-refractivity contribution in [3.8, 4) is 0 Å². The number of nitrogens with zero attached hydrogens (tertiary/aromatic N) is 2. The maximum Gasteiger partial charge on any atom is 0.257 e. The van der Waals surface area contributed by atoms with E-state index in [1.54, 1.807) is 23.1 Å². The van der Waals surface area contributed by atoms with Gasteiger partial charge in [0.25, 0.3) is 11.8 Å². The molecule has 0 radical (unpaired) electrons. The highest BCUT2D eigenvalue weighted by Gasteiger charge is 2.47. The van der Waals surface area contributed by atoms with E-state index >= 15 is 0 Å². The molecule has 1 unspecified atom stereocenters. The monoisotopic (exact) mass is 406 g/mol. The Morgan fingerprint density at radius 3 is 2.17 bits per heavy atom. The Bertz CT molecular complexity index is 971. The van der Waals surface area contributed by atoms with Crippen molar-refractivity contribution in [3.63, 3.8) is 0 Å². The maximum absolute atomic E-state index is 13.5. The van der Waals surface area contributed by atoms with E-state index in [-0.39, 0.29) is 24.1 Å². The van der Waals surface area contributed by atoms with E-state index in [2.05, 4.69) is 13.8 Å². The molecule has 2 aromatic rings. The summed E-state index contributed by atoms with van der Waals surface area (Å²) >= 11 is 0. The third-order valence-corrected chi connectivity index (χ3v) is 5.57. The van der Waals surface area contributed by atoms with Crippen LogP contribution in [-0.2, 0) is 9.59 Å². The minimum atomic E-state index is -0.825. The minimum absolute atomic E-state index is 0.0142. The number of hydrogen-bond donors (Lipinski definition) is 0. The van der Waals surface area contributed by atoms with E-state index in [1.807, 2.05) is 58.0 Å². The summed E-state index contributed by atoms with van der Waals surface area (Å²) in [5.74, 6) is -0.507. The first kappa shape index (κ1) is 21.8. The molecule has 1 heterocycles. The van der Waals surface area contributed by atoms with Crippen molar-refractivity contribution in [2.45, 2.75) is 65.5 Å². The van der Waals surface area contributed by atoms with Gasteiger partial charge < -0.3 is 4.90 Å². The van der Waals surface area contributed by atoms with Crippen molar-refractivity contribution in [2.24, 2.45) is 0 Å². The molecule has 0 aliphatic carbocycles. The highest BCUT2D eigenvalue weighted by molar-refractivity contribution is 6.23. The fourth-order valence-corrected chi connectivity index (χ4v) is 3.95. The summed E-state index contributed by atoms with van der Waals surface area (Å²) in [5, 5.41) is 0. The van der Waals surface area contributed by atoms with Crippen LogP contribution in [0, 0.1) is 6.92 Å². The van der Waals surface area contributed by atoms with Crippen molar-refractivity contribution < 1.29 is 14.4 Å². The summed E-state index contributed by atoms with van der Waals surface area (Å²) in [6.07, 6.45) is -0.0142. The van der Waals surface area contributed by atoms with Gasteiger partial charge in [-0.05, 0) is 62.9 Å². The molecule has 0 N–H and O–H groups in total. The fraction of sp³-hybridized carbons (Fsp3) is 0.400. The zero-order valence-corrected chi connectivity index (χ0v) is 18.6. The number of rotatable bonds is 4. The summed E-state index contributed by atoms with van der Waals surface area (Å²) in [6.45, 7) is 11.7. The molecule has 30 heavy (non-hydrogen) atoms. The van der Waals surface area contributed by atoms with E-state index in [4.69, 9.17) is 0 Å². The van der Waals surface area contributed by atoms with Gasteiger partial charge in [-0.1, -0.05) is 44.2 Å². The lowest BCUT2D eigenvalue weighted by Gasteiger charge is -2.39. The molecule has 1 fully saturated rings. The topological polar surface area (TPSA) is 57.7 Å². The molecule has 1 aliphatic rings. The predicted octanol–water partition coefficient (Wildman–Crippen LogP) is 4.69. The number of carbonyl (C=O) groups excluding carboxylic acids is 3. The van der Waals surface area contributed by atoms with Crippen molar-refractivity contribution in [1.29, 1.82) is 0 Å². The van der Waals surface area contributed by atoms with E-state index in [0.717, 1.165) is 11.1 Å². The summed E-state index contributed by atoms with van der Waals surface area (Å²) in [4.78, 5) is 42.4. The van der Waals surface area contributed by atoms with E-state index < -0.39 is 11.6 Å². The molecule has 0 bridgehead atoms. The molecule has 1 saturated heterocycles. The number of aryl methyl sites for hydroxylation is 1. The van der Waals surface area contributed by atoms with Crippen LogP contribution in [0.15, 0.2) is 48.5 Å². The SMILES string of the molecule is Cc1ccccc1C(=O)N(C1CC(=O)N(c2ccc(C(C)C)cc2)C1=O)C(C)(C)C. The quantitative estimate of drug-likeness (QED) is 0.692. The van der Waals surface area contributed by atoms with Crippen LogP contribution >= 0.6 is 0 Å². The van der Waals surface area contributed by atoms with Gasteiger partial charge >= 0.3 is 0 Å². The van der Waals surface area contributed by atoms with Crippen LogP contribution in [0.25, 0.3) is 0 Å². The second-order valence-electron chi connectivity index (χ2n) is 9.19. The molecule has 158 valence electrons. The first-order valence-electron chi connectivity index (χ1n) is 10.4. The normalized spacial score (nSPS) is 17.0. The zero-order chi connectivity index (χ0) is 22.2. The molecule has 1 atom stereocenters. The Morgan fingerprint density at radius 1 is 1.03 bits per heavy atom.